The summed E-state index contributed by atoms with van der Waals surface area (Å²) in [6.45, 7) is 0.889. The Kier molecular flexibility index (Phi) is 3.88. The Hall–Kier alpha value is -0.970. The predicted molar refractivity (Wildman–Crippen MR) is 68.4 cm³/mol. The highest BCUT2D eigenvalue weighted by Gasteiger charge is 2.31. The Bertz CT molecular complexity index is 373. The molecular weight excluding hydrogens is 218 g/mol. The van der Waals surface area contributed by atoms with Crippen LogP contribution in [0.15, 0.2) is 24.3 Å². The predicted octanol–water partition coefficient (Wildman–Crippen LogP) is 3.40. The molecule has 1 N–H and O–H groups in total. The second-order valence-electron chi connectivity index (χ2n) is 4.27. The van der Waals surface area contributed by atoms with Crippen LogP contribution in [0.1, 0.15) is 30.9 Å². The van der Waals surface area contributed by atoms with E-state index in [0.717, 1.165) is 23.9 Å². The third-order valence-corrected chi connectivity index (χ3v) is 3.21. The number of benzene rings is 1. The van der Waals surface area contributed by atoms with E-state index in [9.17, 15) is 0 Å². The van der Waals surface area contributed by atoms with Crippen molar-refractivity contribution >= 4 is 11.6 Å². The molecule has 1 aromatic rings. The average Bonchev–Trinajstić information content (AvgIpc) is 3.10. The number of hydrogen-bond donors (Lipinski definition) is 1. The first kappa shape index (κ1) is 11.5. The fourth-order valence-corrected chi connectivity index (χ4v) is 2.08. The standard InChI is InChI=1S/C14H16ClN/c1-2-3-10-16-14(11-4-5-11)12-6-8-13(15)9-7-12/h1,6-9,11,14,16H,3-5,10H2. The smallest absolute Gasteiger partial charge is 0.0406 e. The van der Waals surface area contributed by atoms with Gasteiger partial charge in [-0.05, 0) is 36.5 Å². The van der Waals surface area contributed by atoms with Crippen molar-refractivity contribution in [2.75, 3.05) is 6.54 Å². The molecule has 1 aromatic carbocycles. The van der Waals surface area contributed by atoms with Gasteiger partial charge >= 0.3 is 0 Å². The van der Waals surface area contributed by atoms with Crippen LogP contribution in [0.3, 0.4) is 0 Å². The van der Waals surface area contributed by atoms with E-state index in [0.29, 0.717) is 6.04 Å². The molecular formula is C14H16ClN. The summed E-state index contributed by atoms with van der Waals surface area (Å²) in [6.07, 6.45) is 8.68. The van der Waals surface area contributed by atoms with Gasteiger partial charge < -0.3 is 5.32 Å². The largest absolute Gasteiger partial charge is 0.309 e. The minimum absolute atomic E-state index is 0.450. The van der Waals surface area contributed by atoms with Crippen molar-refractivity contribution < 1.29 is 0 Å². The molecule has 1 atom stereocenters. The Morgan fingerprint density at radius 1 is 1.38 bits per heavy atom. The molecule has 1 aliphatic rings. The first-order valence-corrected chi connectivity index (χ1v) is 6.11. The Balaban J connectivity index is 2.01. The van der Waals surface area contributed by atoms with E-state index >= 15 is 0 Å². The first-order chi connectivity index (χ1) is 7.81. The van der Waals surface area contributed by atoms with Crippen molar-refractivity contribution in [2.45, 2.75) is 25.3 Å². The molecule has 0 saturated heterocycles. The summed E-state index contributed by atoms with van der Waals surface area (Å²) in [4.78, 5) is 0. The molecule has 0 spiro atoms. The van der Waals surface area contributed by atoms with Crippen LogP contribution < -0.4 is 5.32 Å². The Labute approximate surface area is 102 Å². The maximum atomic E-state index is 5.89. The molecule has 2 rings (SSSR count). The highest BCUT2D eigenvalue weighted by atomic mass is 35.5. The van der Waals surface area contributed by atoms with E-state index in [1.165, 1.54) is 18.4 Å². The van der Waals surface area contributed by atoms with Crippen LogP contribution in [0, 0.1) is 18.3 Å². The zero-order chi connectivity index (χ0) is 11.4. The molecule has 16 heavy (non-hydrogen) atoms. The van der Waals surface area contributed by atoms with Crippen molar-refractivity contribution in [2.24, 2.45) is 5.92 Å². The van der Waals surface area contributed by atoms with E-state index in [1.54, 1.807) is 0 Å². The maximum Gasteiger partial charge on any atom is 0.0406 e. The van der Waals surface area contributed by atoms with E-state index in [4.69, 9.17) is 18.0 Å². The molecule has 0 bridgehead atoms. The highest BCUT2D eigenvalue weighted by molar-refractivity contribution is 6.30. The van der Waals surface area contributed by atoms with Gasteiger partial charge in [0.1, 0.15) is 0 Å². The van der Waals surface area contributed by atoms with Crippen molar-refractivity contribution in [3.63, 3.8) is 0 Å². The van der Waals surface area contributed by atoms with Gasteiger partial charge in [0.2, 0.25) is 0 Å². The van der Waals surface area contributed by atoms with Gasteiger partial charge in [-0.3, -0.25) is 0 Å². The molecule has 0 radical (unpaired) electrons. The highest BCUT2D eigenvalue weighted by Crippen LogP contribution is 2.41. The molecule has 1 nitrogen and oxygen atoms in total. The molecule has 0 heterocycles. The zero-order valence-corrected chi connectivity index (χ0v) is 10.0. The molecule has 84 valence electrons. The first-order valence-electron chi connectivity index (χ1n) is 5.73. The van der Waals surface area contributed by atoms with Gasteiger partial charge in [0.05, 0.1) is 0 Å². The summed E-state index contributed by atoms with van der Waals surface area (Å²) in [5, 5.41) is 4.33. The number of rotatable bonds is 5. The van der Waals surface area contributed by atoms with Crippen molar-refractivity contribution in [1.82, 2.24) is 5.32 Å². The second kappa shape index (κ2) is 5.39. The molecule has 2 heteroatoms. The van der Waals surface area contributed by atoms with Gasteiger partial charge in [-0.2, -0.15) is 0 Å². The van der Waals surface area contributed by atoms with Gasteiger partial charge in [-0.25, -0.2) is 0 Å². The zero-order valence-electron chi connectivity index (χ0n) is 9.25. The van der Waals surface area contributed by atoms with Gasteiger partial charge in [-0.1, -0.05) is 23.7 Å². The third kappa shape index (κ3) is 3.01. The molecule has 1 fully saturated rings. The number of nitrogens with one attached hydrogen (secondary N) is 1. The van der Waals surface area contributed by atoms with Gasteiger partial charge in [-0.15, -0.1) is 12.3 Å². The third-order valence-electron chi connectivity index (χ3n) is 2.96. The Morgan fingerprint density at radius 3 is 2.62 bits per heavy atom. The van der Waals surface area contributed by atoms with E-state index in [1.807, 2.05) is 12.1 Å². The molecule has 1 aliphatic carbocycles. The van der Waals surface area contributed by atoms with Crippen LogP contribution in [-0.4, -0.2) is 6.54 Å². The monoisotopic (exact) mass is 233 g/mol. The fraction of sp³-hybridized carbons (Fsp3) is 0.429. The van der Waals surface area contributed by atoms with Crippen LogP contribution in [-0.2, 0) is 0 Å². The lowest BCUT2D eigenvalue weighted by molar-refractivity contribution is 0.488. The number of terminal acetylenes is 1. The van der Waals surface area contributed by atoms with Gasteiger partial charge in [0.25, 0.3) is 0 Å². The maximum absolute atomic E-state index is 5.89. The van der Waals surface area contributed by atoms with Crippen molar-refractivity contribution in [3.05, 3.63) is 34.9 Å². The minimum atomic E-state index is 0.450. The molecule has 1 unspecified atom stereocenters. The number of halogens is 1. The lowest BCUT2D eigenvalue weighted by atomic mass is 10.0. The summed E-state index contributed by atoms with van der Waals surface area (Å²) in [5.74, 6) is 3.44. The van der Waals surface area contributed by atoms with E-state index in [2.05, 4.69) is 23.4 Å². The fourth-order valence-electron chi connectivity index (χ4n) is 1.96. The summed E-state index contributed by atoms with van der Waals surface area (Å²) >= 11 is 5.89. The summed E-state index contributed by atoms with van der Waals surface area (Å²) in [6, 6.07) is 8.57. The van der Waals surface area contributed by atoms with E-state index in [-0.39, 0.29) is 0 Å². The Morgan fingerprint density at radius 2 is 2.06 bits per heavy atom. The lowest BCUT2D eigenvalue weighted by Crippen LogP contribution is -2.23. The normalized spacial score (nSPS) is 16.8. The average molecular weight is 234 g/mol. The van der Waals surface area contributed by atoms with Crippen LogP contribution in [0.2, 0.25) is 5.02 Å². The summed E-state index contributed by atoms with van der Waals surface area (Å²) in [7, 11) is 0. The number of hydrogen-bond acceptors (Lipinski definition) is 1. The second-order valence-corrected chi connectivity index (χ2v) is 4.71. The lowest BCUT2D eigenvalue weighted by Gasteiger charge is -2.18. The molecule has 0 amide bonds. The summed E-state index contributed by atoms with van der Waals surface area (Å²) in [5.41, 5.74) is 1.32. The molecule has 1 saturated carbocycles. The summed E-state index contributed by atoms with van der Waals surface area (Å²) < 4.78 is 0. The van der Waals surface area contributed by atoms with Crippen LogP contribution >= 0.6 is 11.6 Å². The van der Waals surface area contributed by atoms with Gasteiger partial charge in [0, 0.05) is 24.0 Å². The van der Waals surface area contributed by atoms with Crippen LogP contribution in [0.25, 0.3) is 0 Å². The van der Waals surface area contributed by atoms with Crippen molar-refractivity contribution in [1.29, 1.82) is 0 Å². The van der Waals surface area contributed by atoms with Gasteiger partial charge in [0.15, 0.2) is 0 Å². The van der Waals surface area contributed by atoms with Crippen LogP contribution in [0.5, 0.6) is 0 Å². The molecule has 0 aliphatic heterocycles. The van der Waals surface area contributed by atoms with Crippen molar-refractivity contribution in [3.8, 4) is 12.3 Å². The van der Waals surface area contributed by atoms with Crippen LogP contribution in [0.4, 0.5) is 0 Å². The topological polar surface area (TPSA) is 12.0 Å². The quantitative estimate of drug-likeness (QED) is 0.607. The minimum Gasteiger partial charge on any atom is -0.309 e. The van der Waals surface area contributed by atoms with E-state index < -0.39 is 0 Å². The molecule has 0 aromatic heterocycles. The SMILES string of the molecule is C#CCCNC(c1ccc(Cl)cc1)C1CC1.